The molecule has 0 fully saturated rings. The monoisotopic (exact) mass is 304 g/mol. The first kappa shape index (κ1) is 15.5. The van der Waals surface area contributed by atoms with Gasteiger partial charge >= 0.3 is 0 Å². The maximum atomic E-state index is 12.2. The van der Waals surface area contributed by atoms with Gasteiger partial charge in [0.15, 0.2) is 0 Å². The van der Waals surface area contributed by atoms with Crippen LogP contribution >= 0.6 is 0 Å². The molecule has 0 atom stereocenters. The van der Waals surface area contributed by atoms with Crippen LogP contribution in [0.3, 0.4) is 0 Å². The number of hydrogen-bond acceptors (Lipinski definition) is 2. The number of hydrogen-bond donors (Lipinski definition) is 0. The summed E-state index contributed by atoms with van der Waals surface area (Å²) in [5, 5.41) is 0. The Morgan fingerprint density at radius 2 is 1.38 bits per heavy atom. The molecular formula is C16H20N2O2S. The van der Waals surface area contributed by atoms with Crippen LogP contribution in [-0.4, -0.2) is 29.6 Å². The molecule has 0 spiro atoms. The van der Waals surface area contributed by atoms with Crippen LogP contribution in [0.15, 0.2) is 53.4 Å². The van der Waals surface area contributed by atoms with Crippen molar-refractivity contribution in [1.82, 2.24) is 4.48 Å². The standard InChI is InChI=1S/C16H20N2O2S/c1-13-5-11-16(12-6-13)21(19,20)17-14-7-9-15(10-8-14)18(2,3)4/h5-12H,1-4H3. The SMILES string of the molecule is Cc1ccc(S(=O)(=O)[N-]c2ccc([N+](C)(C)C)cc2)cc1. The molecule has 0 heterocycles. The molecule has 0 bridgehead atoms. The van der Waals surface area contributed by atoms with E-state index in [0.29, 0.717) is 10.2 Å². The van der Waals surface area contributed by atoms with Gasteiger partial charge in [-0.25, -0.2) is 8.42 Å². The fraction of sp³-hybridized carbons (Fsp3) is 0.250. The zero-order valence-electron chi connectivity index (χ0n) is 12.7. The van der Waals surface area contributed by atoms with E-state index in [2.05, 4.69) is 25.9 Å². The molecule has 0 saturated heterocycles. The third kappa shape index (κ3) is 3.83. The van der Waals surface area contributed by atoms with Crippen LogP contribution in [0.4, 0.5) is 11.4 Å². The number of aryl methyl sites for hydroxylation is 1. The molecule has 4 nitrogen and oxygen atoms in total. The molecule has 0 saturated carbocycles. The Morgan fingerprint density at radius 1 is 0.857 bits per heavy atom. The predicted octanol–water partition coefficient (Wildman–Crippen LogP) is 3.59. The highest BCUT2D eigenvalue weighted by atomic mass is 32.2. The van der Waals surface area contributed by atoms with Crippen LogP contribution in [-0.2, 0) is 10.0 Å². The van der Waals surface area contributed by atoms with Gasteiger partial charge in [-0.1, -0.05) is 29.8 Å². The molecule has 0 unspecified atom stereocenters. The zero-order valence-corrected chi connectivity index (χ0v) is 13.6. The van der Waals surface area contributed by atoms with Gasteiger partial charge in [0, 0.05) is 0 Å². The van der Waals surface area contributed by atoms with Crippen molar-refractivity contribution in [3.8, 4) is 0 Å². The van der Waals surface area contributed by atoms with E-state index >= 15 is 0 Å². The smallest absolute Gasteiger partial charge is 0.132 e. The maximum absolute atomic E-state index is 12.2. The lowest BCUT2D eigenvalue weighted by atomic mass is 10.2. The minimum absolute atomic E-state index is 0.212. The molecule has 2 rings (SSSR count). The molecule has 2 aromatic rings. The van der Waals surface area contributed by atoms with Crippen LogP contribution in [0.2, 0.25) is 0 Å². The predicted molar refractivity (Wildman–Crippen MR) is 87.4 cm³/mol. The number of rotatable bonds is 4. The van der Waals surface area contributed by atoms with Gasteiger partial charge in [-0.05, 0) is 31.2 Å². The van der Waals surface area contributed by atoms with Crippen molar-refractivity contribution in [3.63, 3.8) is 0 Å². The van der Waals surface area contributed by atoms with Crippen LogP contribution in [0.25, 0.3) is 4.72 Å². The number of sulfonamides is 1. The largest absolute Gasteiger partial charge is 0.573 e. The first-order valence-corrected chi connectivity index (χ1v) is 8.09. The minimum atomic E-state index is -3.66. The van der Waals surface area contributed by atoms with E-state index in [-0.39, 0.29) is 4.90 Å². The Kier molecular flexibility index (Phi) is 4.07. The number of nitrogens with zero attached hydrogens (tertiary/aromatic N) is 2. The molecular weight excluding hydrogens is 284 g/mol. The molecule has 112 valence electrons. The van der Waals surface area contributed by atoms with Crippen LogP contribution in [0.5, 0.6) is 0 Å². The van der Waals surface area contributed by atoms with Crippen molar-refractivity contribution in [1.29, 1.82) is 0 Å². The van der Waals surface area contributed by atoms with E-state index in [1.54, 1.807) is 36.4 Å². The minimum Gasteiger partial charge on any atom is -0.573 e. The summed E-state index contributed by atoms with van der Waals surface area (Å²) < 4.78 is 29.0. The molecule has 0 aromatic heterocycles. The second kappa shape index (κ2) is 5.50. The van der Waals surface area contributed by atoms with E-state index in [1.807, 2.05) is 19.1 Å². The summed E-state index contributed by atoms with van der Waals surface area (Å²) in [5.74, 6) is 0. The fourth-order valence-electron chi connectivity index (χ4n) is 1.86. The Labute approximate surface area is 126 Å². The van der Waals surface area contributed by atoms with Crippen molar-refractivity contribution in [3.05, 3.63) is 58.8 Å². The molecule has 0 aliphatic rings. The zero-order chi connectivity index (χ0) is 15.7. The van der Waals surface area contributed by atoms with E-state index in [0.717, 1.165) is 11.3 Å². The summed E-state index contributed by atoms with van der Waals surface area (Å²) in [5.41, 5.74) is 2.54. The summed E-state index contributed by atoms with van der Waals surface area (Å²) in [7, 11) is 2.49. The van der Waals surface area contributed by atoms with Gasteiger partial charge in [0.25, 0.3) is 0 Å². The topological polar surface area (TPSA) is 48.2 Å². The maximum Gasteiger partial charge on any atom is 0.132 e. The van der Waals surface area contributed by atoms with Crippen molar-refractivity contribution < 1.29 is 8.42 Å². The fourth-order valence-corrected chi connectivity index (χ4v) is 2.85. The Bertz CT molecular complexity index is 712. The lowest BCUT2D eigenvalue weighted by Gasteiger charge is -2.26. The highest BCUT2D eigenvalue weighted by Gasteiger charge is 2.10. The second-order valence-corrected chi connectivity index (χ2v) is 7.51. The summed E-state index contributed by atoms with van der Waals surface area (Å²) >= 11 is 0. The van der Waals surface area contributed by atoms with E-state index in [4.69, 9.17) is 0 Å². The summed E-state index contributed by atoms with van der Waals surface area (Å²) in [6.07, 6.45) is 0. The van der Waals surface area contributed by atoms with E-state index < -0.39 is 10.0 Å². The lowest BCUT2D eigenvalue weighted by Crippen LogP contribution is -2.34. The second-order valence-electron chi connectivity index (χ2n) is 5.91. The quantitative estimate of drug-likeness (QED) is 0.811. The first-order chi connectivity index (χ1) is 9.68. The highest BCUT2D eigenvalue weighted by molar-refractivity contribution is 7.94. The number of quaternary nitrogens is 1. The van der Waals surface area contributed by atoms with Crippen LogP contribution < -0.4 is 4.48 Å². The summed E-state index contributed by atoms with van der Waals surface area (Å²) in [4.78, 5) is 0.212. The Hall–Kier alpha value is -1.85. The van der Waals surface area contributed by atoms with Crippen LogP contribution in [0, 0.1) is 6.92 Å². The van der Waals surface area contributed by atoms with Gasteiger partial charge in [0.2, 0.25) is 0 Å². The van der Waals surface area contributed by atoms with E-state index in [1.165, 1.54) is 0 Å². The molecule has 0 amide bonds. The first-order valence-electron chi connectivity index (χ1n) is 6.65. The third-order valence-electron chi connectivity index (χ3n) is 3.17. The molecule has 0 radical (unpaired) electrons. The van der Waals surface area contributed by atoms with Crippen molar-refractivity contribution in [2.24, 2.45) is 0 Å². The lowest BCUT2D eigenvalue weighted by molar-refractivity contribution is 0.486. The van der Waals surface area contributed by atoms with Gasteiger partial charge in [-0.15, -0.1) is 5.69 Å². The van der Waals surface area contributed by atoms with Crippen LogP contribution in [0.1, 0.15) is 5.56 Å². The molecule has 0 N–H and O–H groups in total. The Morgan fingerprint density at radius 3 is 1.86 bits per heavy atom. The third-order valence-corrected chi connectivity index (χ3v) is 4.49. The van der Waals surface area contributed by atoms with Crippen molar-refractivity contribution in [2.45, 2.75) is 11.8 Å². The molecule has 2 aromatic carbocycles. The molecule has 21 heavy (non-hydrogen) atoms. The van der Waals surface area contributed by atoms with Gasteiger partial charge in [0.05, 0.1) is 26.0 Å². The molecule has 0 aliphatic heterocycles. The normalized spacial score (nSPS) is 12.2. The number of benzene rings is 2. The van der Waals surface area contributed by atoms with Gasteiger partial charge in [0.1, 0.15) is 15.7 Å². The highest BCUT2D eigenvalue weighted by Crippen LogP contribution is 2.30. The summed E-state index contributed by atoms with van der Waals surface area (Å²) in [6.45, 7) is 1.91. The van der Waals surface area contributed by atoms with Gasteiger partial charge < -0.3 is 4.72 Å². The van der Waals surface area contributed by atoms with E-state index in [9.17, 15) is 8.42 Å². The molecule has 0 aliphatic carbocycles. The average Bonchev–Trinajstić information content (AvgIpc) is 2.38. The van der Waals surface area contributed by atoms with Gasteiger partial charge in [-0.3, -0.25) is 4.48 Å². The van der Waals surface area contributed by atoms with Gasteiger partial charge in [-0.2, -0.15) is 0 Å². The van der Waals surface area contributed by atoms with Crippen molar-refractivity contribution >= 4 is 21.4 Å². The summed E-state index contributed by atoms with van der Waals surface area (Å²) in [6, 6.07) is 13.9. The average molecular weight is 304 g/mol. The Balaban J connectivity index is 2.23. The molecule has 5 heteroatoms. The van der Waals surface area contributed by atoms with Crippen molar-refractivity contribution in [2.75, 3.05) is 21.1 Å².